The molecule has 0 heterocycles. The van der Waals surface area contributed by atoms with E-state index < -0.39 is 23.7 Å². The predicted molar refractivity (Wildman–Crippen MR) is 68.0 cm³/mol. The van der Waals surface area contributed by atoms with E-state index in [1.807, 2.05) is 0 Å². The van der Waals surface area contributed by atoms with Crippen LogP contribution in [0.4, 0.5) is 4.39 Å². The van der Waals surface area contributed by atoms with Gasteiger partial charge in [0.15, 0.2) is 0 Å². The SMILES string of the molecule is C=CCC(C(=O)O)/C(=C/c1ccc(F)cc1)C(=O)O. The van der Waals surface area contributed by atoms with Gasteiger partial charge in [-0.1, -0.05) is 18.2 Å². The lowest BCUT2D eigenvalue weighted by molar-refractivity contribution is -0.143. The number of hydrogen-bond donors (Lipinski definition) is 2. The van der Waals surface area contributed by atoms with Gasteiger partial charge in [-0.15, -0.1) is 6.58 Å². The summed E-state index contributed by atoms with van der Waals surface area (Å²) in [6.45, 7) is 3.41. The summed E-state index contributed by atoms with van der Waals surface area (Å²) in [7, 11) is 0. The molecule has 1 aromatic carbocycles. The van der Waals surface area contributed by atoms with Crippen LogP contribution in [0.3, 0.4) is 0 Å². The largest absolute Gasteiger partial charge is 0.481 e. The number of benzene rings is 1. The maximum atomic E-state index is 12.7. The smallest absolute Gasteiger partial charge is 0.332 e. The van der Waals surface area contributed by atoms with Crippen molar-refractivity contribution in [3.8, 4) is 0 Å². The molecule has 0 aliphatic rings. The van der Waals surface area contributed by atoms with Gasteiger partial charge in [0, 0.05) is 0 Å². The number of halogens is 1. The van der Waals surface area contributed by atoms with Crippen molar-refractivity contribution in [2.45, 2.75) is 6.42 Å². The second-order valence-electron chi connectivity index (χ2n) is 3.87. The van der Waals surface area contributed by atoms with Gasteiger partial charge in [0.25, 0.3) is 0 Å². The molecule has 2 N–H and O–H groups in total. The minimum absolute atomic E-state index is 0.00859. The Morgan fingerprint density at radius 1 is 1.26 bits per heavy atom. The lowest BCUT2D eigenvalue weighted by atomic mass is 9.93. The molecule has 0 aliphatic carbocycles. The van der Waals surface area contributed by atoms with Crippen LogP contribution in [0, 0.1) is 11.7 Å². The van der Waals surface area contributed by atoms with Gasteiger partial charge in [-0.2, -0.15) is 0 Å². The average molecular weight is 264 g/mol. The van der Waals surface area contributed by atoms with E-state index in [0.717, 1.165) is 0 Å². The first-order chi connectivity index (χ1) is 8.95. The summed E-state index contributed by atoms with van der Waals surface area (Å²) in [4.78, 5) is 22.2. The second kappa shape index (κ2) is 6.49. The molecule has 19 heavy (non-hydrogen) atoms. The lowest BCUT2D eigenvalue weighted by Gasteiger charge is -2.11. The molecule has 0 spiro atoms. The first-order valence-electron chi connectivity index (χ1n) is 5.50. The fraction of sp³-hybridized carbons (Fsp3) is 0.143. The average Bonchev–Trinajstić information content (AvgIpc) is 2.35. The van der Waals surface area contributed by atoms with Gasteiger partial charge in [0.2, 0.25) is 0 Å². The van der Waals surface area contributed by atoms with Crippen LogP contribution in [-0.4, -0.2) is 22.2 Å². The first-order valence-corrected chi connectivity index (χ1v) is 5.50. The van der Waals surface area contributed by atoms with E-state index in [0.29, 0.717) is 5.56 Å². The highest BCUT2D eigenvalue weighted by atomic mass is 19.1. The fourth-order valence-corrected chi connectivity index (χ4v) is 1.58. The minimum Gasteiger partial charge on any atom is -0.481 e. The first kappa shape index (κ1) is 14.6. The summed E-state index contributed by atoms with van der Waals surface area (Å²) in [6.07, 6.45) is 2.58. The minimum atomic E-state index is -1.32. The predicted octanol–water partition coefficient (Wildman–Crippen LogP) is 2.57. The van der Waals surface area contributed by atoms with Crippen molar-refractivity contribution in [3.05, 3.63) is 53.9 Å². The highest BCUT2D eigenvalue weighted by Crippen LogP contribution is 2.20. The molecule has 0 aliphatic heterocycles. The fourth-order valence-electron chi connectivity index (χ4n) is 1.58. The summed E-state index contributed by atoms with van der Waals surface area (Å²) in [5.41, 5.74) is 0.160. The number of carbonyl (C=O) groups is 2. The van der Waals surface area contributed by atoms with Crippen LogP contribution >= 0.6 is 0 Å². The lowest BCUT2D eigenvalue weighted by Crippen LogP contribution is -2.20. The number of carboxylic acid groups (broad SMARTS) is 2. The van der Waals surface area contributed by atoms with Crippen molar-refractivity contribution in [2.24, 2.45) is 5.92 Å². The molecule has 0 saturated carbocycles. The maximum Gasteiger partial charge on any atom is 0.332 e. The van der Waals surface area contributed by atoms with Crippen molar-refractivity contribution in [3.63, 3.8) is 0 Å². The molecular weight excluding hydrogens is 251 g/mol. The van der Waals surface area contributed by atoms with Crippen molar-refractivity contribution in [1.29, 1.82) is 0 Å². The Morgan fingerprint density at radius 3 is 2.26 bits per heavy atom. The van der Waals surface area contributed by atoms with Crippen molar-refractivity contribution in [1.82, 2.24) is 0 Å². The zero-order chi connectivity index (χ0) is 14.4. The second-order valence-corrected chi connectivity index (χ2v) is 3.87. The Morgan fingerprint density at radius 2 is 1.84 bits per heavy atom. The molecule has 4 nitrogen and oxygen atoms in total. The van der Waals surface area contributed by atoms with Crippen LogP contribution in [0.1, 0.15) is 12.0 Å². The van der Waals surface area contributed by atoms with Gasteiger partial charge in [-0.25, -0.2) is 9.18 Å². The number of aliphatic carboxylic acids is 2. The maximum absolute atomic E-state index is 12.7. The topological polar surface area (TPSA) is 74.6 Å². The monoisotopic (exact) mass is 264 g/mol. The molecule has 1 atom stereocenters. The van der Waals surface area contributed by atoms with Crippen molar-refractivity contribution >= 4 is 18.0 Å². The molecule has 0 radical (unpaired) electrons. The van der Waals surface area contributed by atoms with E-state index in [2.05, 4.69) is 6.58 Å². The van der Waals surface area contributed by atoms with Crippen LogP contribution in [-0.2, 0) is 9.59 Å². The van der Waals surface area contributed by atoms with E-state index in [1.54, 1.807) is 0 Å². The Bertz CT molecular complexity index is 517. The Kier molecular flexibility index (Phi) is 5.00. The molecule has 0 saturated heterocycles. The molecule has 5 heteroatoms. The highest BCUT2D eigenvalue weighted by Gasteiger charge is 2.26. The third-order valence-electron chi connectivity index (χ3n) is 2.52. The van der Waals surface area contributed by atoms with Gasteiger partial charge in [0.05, 0.1) is 11.5 Å². The van der Waals surface area contributed by atoms with E-state index in [-0.39, 0.29) is 12.0 Å². The number of allylic oxidation sites excluding steroid dienone is 1. The third-order valence-corrected chi connectivity index (χ3v) is 2.52. The van der Waals surface area contributed by atoms with Crippen LogP contribution in [0.2, 0.25) is 0 Å². The van der Waals surface area contributed by atoms with Crippen LogP contribution < -0.4 is 0 Å². The molecular formula is C14H13FO4. The molecule has 0 fully saturated rings. The Labute approximate surface area is 109 Å². The summed E-state index contributed by atoms with van der Waals surface area (Å²) >= 11 is 0. The van der Waals surface area contributed by atoms with Gasteiger partial charge in [-0.3, -0.25) is 4.79 Å². The van der Waals surface area contributed by atoms with Gasteiger partial charge in [-0.05, 0) is 30.2 Å². The molecule has 1 rings (SSSR count). The summed E-state index contributed by atoms with van der Waals surface area (Å²) in [5, 5.41) is 18.1. The quantitative estimate of drug-likeness (QED) is 0.611. The van der Waals surface area contributed by atoms with Gasteiger partial charge < -0.3 is 10.2 Å². The van der Waals surface area contributed by atoms with Crippen molar-refractivity contribution in [2.75, 3.05) is 0 Å². The molecule has 1 aromatic rings. The van der Waals surface area contributed by atoms with Crippen LogP contribution in [0.15, 0.2) is 42.5 Å². The number of hydrogen-bond acceptors (Lipinski definition) is 2. The van der Waals surface area contributed by atoms with Crippen LogP contribution in [0.25, 0.3) is 6.08 Å². The highest BCUT2D eigenvalue weighted by molar-refractivity contribution is 5.98. The number of rotatable bonds is 6. The number of carboxylic acids is 2. The normalized spacial score (nSPS) is 12.8. The Balaban J connectivity index is 3.18. The molecule has 0 aromatic heterocycles. The van der Waals surface area contributed by atoms with Gasteiger partial charge >= 0.3 is 11.9 Å². The van der Waals surface area contributed by atoms with Crippen LogP contribution in [0.5, 0.6) is 0 Å². The zero-order valence-corrected chi connectivity index (χ0v) is 10.0. The Hall–Kier alpha value is -2.43. The molecule has 100 valence electrons. The molecule has 0 bridgehead atoms. The van der Waals surface area contributed by atoms with E-state index in [9.17, 15) is 14.0 Å². The van der Waals surface area contributed by atoms with Gasteiger partial charge in [0.1, 0.15) is 5.82 Å². The summed E-state index contributed by atoms with van der Waals surface area (Å²) < 4.78 is 12.7. The molecule has 0 amide bonds. The summed E-state index contributed by atoms with van der Waals surface area (Å²) in [6, 6.07) is 5.11. The summed E-state index contributed by atoms with van der Waals surface area (Å²) in [5.74, 6) is -4.19. The zero-order valence-electron chi connectivity index (χ0n) is 10.0. The molecule has 1 unspecified atom stereocenters. The third kappa shape index (κ3) is 4.06. The van der Waals surface area contributed by atoms with E-state index in [4.69, 9.17) is 10.2 Å². The van der Waals surface area contributed by atoms with E-state index >= 15 is 0 Å². The van der Waals surface area contributed by atoms with Crippen molar-refractivity contribution < 1.29 is 24.2 Å². The standard InChI is InChI=1S/C14H13FO4/c1-2-3-11(13(16)17)12(14(18)19)8-9-4-6-10(15)7-5-9/h2,4-8,11H,1,3H2,(H,16,17)(H,18,19)/b12-8-. The van der Waals surface area contributed by atoms with E-state index in [1.165, 1.54) is 36.4 Å².